The Labute approximate surface area is 110 Å². The third-order valence-electron chi connectivity index (χ3n) is 4.51. The maximum Gasteiger partial charge on any atom is 0.234 e. The SMILES string of the molecule is Cc1cncnc1-c1noc([C@]23CC[C@H]2CNC3)n1. The fourth-order valence-electron chi connectivity index (χ4n) is 3.21. The lowest BCUT2D eigenvalue weighted by atomic mass is 9.62. The second-order valence-electron chi connectivity index (χ2n) is 5.50. The molecule has 4 rings (SSSR count). The summed E-state index contributed by atoms with van der Waals surface area (Å²) in [6.07, 6.45) is 5.66. The highest BCUT2D eigenvalue weighted by Gasteiger charge is 2.55. The van der Waals surface area contributed by atoms with Gasteiger partial charge >= 0.3 is 0 Å². The highest BCUT2D eigenvalue weighted by Crippen LogP contribution is 2.50. The van der Waals surface area contributed by atoms with Gasteiger partial charge in [-0.1, -0.05) is 5.16 Å². The number of hydrogen-bond donors (Lipinski definition) is 1. The van der Waals surface area contributed by atoms with Crippen LogP contribution in [0.3, 0.4) is 0 Å². The van der Waals surface area contributed by atoms with E-state index >= 15 is 0 Å². The Kier molecular flexibility index (Phi) is 2.23. The molecule has 2 aromatic rings. The predicted molar refractivity (Wildman–Crippen MR) is 67.3 cm³/mol. The monoisotopic (exact) mass is 257 g/mol. The number of nitrogens with zero attached hydrogens (tertiary/aromatic N) is 4. The number of aromatic nitrogens is 4. The Morgan fingerprint density at radius 1 is 1.47 bits per heavy atom. The minimum atomic E-state index is 0.0756. The number of nitrogens with one attached hydrogen (secondary N) is 1. The second-order valence-corrected chi connectivity index (χ2v) is 5.50. The van der Waals surface area contributed by atoms with Crippen LogP contribution in [0.15, 0.2) is 17.0 Å². The summed E-state index contributed by atoms with van der Waals surface area (Å²) in [5.41, 5.74) is 1.79. The van der Waals surface area contributed by atoms with E-state index < -0.39 is 0 Å². The fraction of sp³-hybridized carbons (Fsp3) is 0.538. The predicted octanol–water partition coefficient (Wildman–Crippen LogP) is 1.09. The van der Waals surface area contributed by atoms with Crippen LogP contribution in [0.25, 0.3) is 11.5 Å². The van der Waals surface area contributed by atoms with Crippen molar-refractivity contribution < 1.29 is 4.52 Å². The first-order valence-electron chi connectivity index (χ1n) is 6.61. The van der Waals surface area contributed by atoms with Crippen molar-refractivity contribution in [1.82, 2.24) is 25.4 Å². The molecule has 2 aliphatic rings. The average molecular weight is 257 g/mol. The van der Waals surface area contributed by atoms with E-state index in [0.29, 0.717) is 11.7 Å². The van der Waals surface area contributed by atoms with Gasteiger partial charge in [-0.05, 0) is 37.8 Å². The van der Waals surface area contributed by atoms with Crippen molar-refractivity contribution in [1.29, 1.82) is 0 Å². The molecule has 1 saturated heterocycles. The molecule has 1 saturated carbocycles. The van der Waals surface area contributed by atoms with Gasteiger partial charge in [-0.25, -0.2) is 9.97 Å². The van der Waals surface area contributed by atoms with E-state index in [4.69, 9.17) is 4.52 Å². The minimum Gasteiger partial charge on any atom is -0.338 e. The summed E-state index contributed by atoms with van der Waals surface area (Å²) in [7, 11) is 0. The number of fused-ring (bicyclic) bond motifs is 1. The Balaban J connectivity index is 1.73. The number of rotatable bonds is 2. The molecule has 2 fully saturated rings. The van der Waals surface area contributed by atoms with Gasteiger partial charge in [0.2, 0.25) is 11.7 Å². The molecule has 0 aromatic carbocycles. The van der Waals surface area contributed by atoms with Crippen LogP contribution in [-0.4, -0.2) is 33.2 Å². The summed E-state index contributed by atoms with van der Waals surface area (Å²) >= 11 is 0. The zero-order valence-corrected chi connectivity index (χ0v) is 10.8. The molecule has 2 aromatic heterocycles. The normalized spacial score (nSPS) is 29.0. The Morgan fingerprint density at radius 3 is 3.16 bits per heavy atom. The van der Waals surface area contributed by atoms with Gasteiger partial charge in [-0.15, -0.1) is 0 Å². The van der Waals surface area contributed by atoms with E-state index in [0.717, 1.165) is 36.7 Å². The lowest BCUT2D eigenvalue weighted by molar-refractivity contribution is 0.131. The summed E-state index contributed by atoms with van der Waals surface area (Å²) in [5.74, 6) is 1.98. The van der Waals surface area contributed by atoms with Gasteiger partial charge in [0.1, 0.15) is 12.0 Å². The third kappa shape index (κ3) is 1.46. The van der Waals surface area contributed by atoms with Gasteiger partial charge in [0.25, 0.3) is 0 Å². The smallest absolute Gasteiger partial charge is 0.234 e. The Morgan fingerprint density at radius 2 is 2.42 bits per heavy atom. The molecule has 0 spiro atoms. The van der Waals surface area contributed by atoms with Crippen LogP contribution in [0, 0.1) is 12.8 Å². The maximum absolute atomic E-state index is 5.52. The number of aryl methyl sites for hydroxylation is 1. The van der Waals surface area contributed by atoms with Gasteiger partial charge in [-0.2, -0.15) is 4.98 Å². The van der Waals surface area contributed by atoms with Crippen LogP contribution in [0.1, 0.15) is 24.3 Å². The molecule has 0 amide bonds. The first-order valence-corrected chi connectivity index (χ1v) is 6.61. The molecule has 1 aliphatic carbocycles. The zero-order valence-electron chi connectivity index (χ0n) is 10.8. The summed E-state index contributed by atoms with van der Waals surface area (Å²) in [5, 5.41) is 7.53. The lowest BCUT2D eigenvalue weighted by Gasteiger charge is -2.40. The van der Waals surface area contributed by atoms with Crippen molar-refractivity contribution in [2.75, 3.05) is 13.1 Å². The average Bonchev–Trinajstić information content (AvgIpc) is 2.97. The van der Waals surface area contributed by atoms with Crippen LogP contribution in [-0.2, 0) is 5.41 Å². The molecule has 6 heteroatoms. The highest BCUT2D eigenvalue weighted by atomic mass is 16.5. The molecule has 3 heterocycles. The van der Waals surface area contributed by atoms with E-state index in [1.165, 1.54) is 12.7 Å². The van der Waals surface area contributed by atoms with E-state index in [2.05, 4.69) is 25.4 Å². The molecule has 19 heavy (non-hydrogen) atoms. The summed E-state index contributed by atoms with van der Waals surface area (Å²) in [4.78, 5) is 12.8. The van der Waals surface area contributed by atoms with E-state index in [1.807, 2.05) is 6.92 Å². The maximum atomic E-state index is 5.52. The standard InChI is InChI=1S/C13H15N5O/c1-8-4-15-7-16-10(8)11-17-12(19-18-11)13-3-2-9(13)5-14-6-13/h4,7,9,14H,2-3,5-6H2,1H3/t9-,13-/m0/s1. The Bertz CT molecular complexity index is 625. The minimum absolute atomic E-state index is 0.0756. The fourth-order valence-corrected chi connectivity index (χ4v) is 3.21. The molecule has 6 nitrogen and oxygen atoms in total. The molecule has 98 valence electrons. The second kappa shape index (κ2) is 3.84. The van der Waals surface area contributed by atoms with E-state index in [-0.39, 0.29) is 5.41 Å². The summed E-state index contributed by atoms with van der Waals surface area (Å²) in [6.45, 7) is 3.96. The topological polar surface area (TPSA) is 76.7 Å². The summed E-state index contributed by atoms with van der Waals surface area (Å²) < 4.78 is 5.52. The van der Waals surface area contributed by atoms with Gasteiger partial charge in [0.15, 0.2) is 0 Å². The first kappa shape index (κ1) is 11.0. The lowest BCUT2D eigenvalue weighted by Crippen LogP contribution is -2.43. The molecule has 1 aliphatic heterocycles. The van der Waals surface area contributed by atoms with Crippen molar-refractivity contribution >= 4 is 0 Å². The van der Waals surface area contributed by atoms with Crippen molar-refractivity contribution in [2.45, 2.75) is 25.2 Å². The van der Waals surface area contributed by atoms with Crippen LogP contribution in [0.2, 0.25) is 0 Å². The highest BCUT2D eigenvalue weighted by molar-refractivity contribution is 5.52. The largest absolute Gasteiger partial charge is 0.338 e. The van der Waals surface area contributed by atoms with Crippen LogP contribution < -0.4 is 5.32 Å². The molecule has 0 bridgehead atoms. The molecular weight excluding hydrogens is 242 g/mol. The van der Waals surface area contributed by atoms with Crippen LogP contribution >= 0.6 is 0 Å². The van der Waals surface area contributed by atoms with Crippen LogP contribution in [0.5, 0.6) is 0 Å². The van der Waals surface area contributed by atoms with Gasteiger partial charge < -0.3 is 9.84 Å². The van der Waals surface area contributed by atoms with Gasteiger partial charge in [0.05, 0.1) is 5.41 Å². The van der Waals surface area contributed by atoms with Gasteiger partial charge in [-0.3, -0.25) is 0 Å². The third-order valence-corrected chi connectivity index (χ3v) is 4.51. The molecule has 2 atom stereocenters. The van der Waals surface area contributed by atoms with Crippen molar-refractivity contribution in [3.05, 3.63) is 24.0 Å². The van der Waals surface area contributed by atoms with Crippen molar-refractivity contribution in [2.24, 2.45) is 5.92 Å². The van der Waals surface area contributed by atoms with Crippen molar-refractivity contribution in [3.63, 3.8) is 0 Å². The summed E-state index contributed by atoms with van der Waals surface area (Å²) in [6, 6.07) is 0. The van der Waals surface area contributed by atoms with Gasteiger partial charge in [0, 0.05) is 12.7 Å². The van der Waals surface area contributed by atoms with E-state index in [9.17, 15) is 0 Å². The molecule has 0 unspecified atom stereocenters. The number of hydrogen-bond acceptors (Lipinski definition) is 6. The van der Waals surface area contributed by atoms with E-state index in [1.54, 1.807) is 6.20 Å². The molecule has 0 radical (unpaired) electrons. The molecule has 1 N–H and O–H groups in total. The Hall–Kier alpha value is -1.82. The van der Waals surface area contributed by atoms with Crippen molar-refractivity contribution in [3.8, 4) is 11.5 Å². The quantitative estimate of drug-likeness (QED) is 0.867. The first-order chi connectivity index (χ1) is 9.29. The molecular formula is C13H15N5O. The van der Waals surface area contributed by atoms with Crippen LogP contribution in [0.4, 0.5) is 0 Å². The zero-order chi connectivity index (χ0) is 12.9.